The molecule has 0 aliphatic carbocycles. The van der Waals surface area contributed by atoms with Crippen LogP contribution in [0.5, 0.6) is 0 Å². The van der Waals surface area contributed by atoms with Gasteiger partial charge in [0.15, 0.2) is 0 Å². The van der Waals surface area contributed by atoms with E-state index in [2.05, 4.69) is 71.0 Å². The number of piperazine rings is 1. The lowest BCUT2D eigenvalue weighted by Crippen LogP contribution is -2.57. The van der Waals surface area contributed by atoms with Crippen molar-refractivity contribution in [2.24, 2.45) is 0 Å². The average Bonchev–Trinajstić information content (AvgIpc) is 2.83. The lowest BCUT2D eigenvalue weighted by atomic mass is 10.0. The van der Waals surface area contributed by atoms with Gasteiger partial charge in [-0.3, -0.25) is 4.90 Å². The summed E-state index contributed by atoms with van der Waals surface area (Å²) in [7, 11) is 2.21. The molecule has 1 N–H and O–H groups in total. The van der Waals surface area contributed by atoms with E-state index in [0.29, 0.717) is 6.04 Å². The minimum atomic E-state index is 0.212. The Bertz CT molecular complexity index is 425. The molecule has 0 saturated carbocycles. The SMILES string of the molecule is CC(NCC(C)(C)N1CCN(C)CC1)c1ccc(Br)s1. The van der Waals surface area contributed by atoms with Crippen molar-refractivity contribution in [1.29, 1.82) is 0 Å². The predicted molar refractivity (Wildman–Crippen MR) is 91.6 cm³/mol. The highest BCUT2D eigenvalue weighted by atomic mass is 79.9. The molecule has 1 fully saturated rings. The molecule has 1 unspecified atom stereocenters. The Morgan fingerprint density at radius 1 is 1.30 bits per heavy atom. The summed E-state index contributed by atoms with van der Waals surface area (Å²) in [6, 6.07) is 4.75. The van der Waals surface area contributed by atoms with Gasteiger partial charge in [0.05, 0.1) is 3.79 Å². The van der Waals surface area contributed by atoms with Gasteiger partial charge in [-0.15, -0.1) is 11.3 Å². The number of nitrogens with one attached hydrogen (secondary N) is 1. The second-order valence-corrected chi connectivity index (χ2v) is 8.84. The van der Waals surface area contributed by atoms with Crippen LogP contribution in [0.2, 0.25) is 0 Å². The van der Waals surface area contributed by atoms with Gasteiger partial charge in [0.25, 0.3) is 0 Å². The highest BCUT2D eigenvalue weighted by Crippen LogP contribution is 2.27. The van der Waals surface area contributed by atoms with Crippen molar-refractivity contribution < 1.29 is 0 Å². The molecule has 1 aromatic heterocycles. The molecular formula is C15H26BrN3S. The van der Waals surface area contributed by atoms with E-state index in [0.717, 1.165) is 6.54 Å². The van der Waals surface area contributed by atoms with Gasteiger partial charge in [0.2, 0.25) is 0 Å². The van der Waals surface area contributed by atoms with Crippen molar-refractivity contribution in [1.82, 2.24) is 15.1 Å². The van der Waals surface area contributed by atoms with Gasteiger partial charge in [-0.2, -0.15) is 0 Å². The van der Waals surface area contributed by atoms with Crippen LogP contribution in [-0.2, 0) is 0 Å². The molecule has 1 aromatic rings. The smallest absolute Gasteiger partial charge is 0.0701 e. The highest BCUT2D eigenvalue weighted by Gasteiger charge is 2.29. The molecule has 20 heavy (non-hydrogen) atoms. The fraction of sp³-hybridized carbons (Fsp3) is 0.733. The maximum atomic E-state index is 3.70. The zero-order valence-corrected chi connectivity index (χ0v) is 15.4. The lowest BCUT2D eigenvalue weighted by molar-refractivity contribution is 0.0605. The van der Waals surface area contributed by atoms with E-state index in [4.69, 9.17) is 0 Å². The summed E-state index contributed by atoms with van der Waals surface area (Å²) >= 11 is 5.35. The topological polar surface area (TPSA) is 18.5 Å². The highest BCUT2D eigenvalue weighted by molar-refractivity contribution is 9.11. The molecule has 1 aliphatic rings. The zero-order valence-electron chi connectivity index (χ0n) is 12.9. The van der Waals surface area contributed by atoms with Gasteiger partial charge in [-0.05, 0) is 55.9 Å². The first-order valence-corrected chi connectivity index (χ1v) is 8.91. The normalized spacial score (nSPS) is 20.2. The first-order chi connectivity index (χ1) is 9.38. The summed E-state index contributed by atoms with van der Waals surface area (Å²) in [4.78, 5) is 6.41. The van der Waals surface area contributed by atoms with Gasteiger partial charge in [-0.25, -0.2) is 0 Å². The third-order valence-electron chi connectivity index (χ3n) is 4.22. The first kappa shape index (κ1) is 16.4. The van der Waals surface area contributed by atoms with Crippen LogP contribution in [0.15, 0.2) is 15.9 Å². The van der Waals surface area contributed by atoms with Crippen LogP contribution < -0.4 is 5.32 Å². The Morgan fingerprint density at radius 2 is 1.95 bits per heavy atom. The predicted octanol–water partition coefficient (Wildman–Crippen LogP) is 3.19. The fourth-order valence-corrected chi connectivity index (χ4v) is 4.04. The molecule has 3 nitrogen and oxygen atoms in total. The van der Waals surface area contributed by atoms with Gasteiger partial charge in [-0.1, -0.05) is 0 Å². The monoisotopic (exact) mass is 359 g/mol. The molecule has 1 atom stereocenters. The largest absolute Gasteiger partial charge is 0.308 e. The molecule has 0 spiro atoms. The van der Waals surface area contributed by atoms with E-state index >= 15 is 0 Å². The third-order valence-corrected chi connectivity index (χ3v) is 6.03. The minimum absolute atomic E-state index is 0.212. The lowest BCUT2D eigenvalue weighted by Gasteiger charge is -2.43. The number of hydrogen-bond acceptors (Lipinski definition) is 4. The van der Waals surface area contributed by atoms with Crippen molar-refractivity contribution in [2.45, 2.75) is 32.4 Å². The standard InChI is InChI=1S/C15H26BrN3S/c1-12(13-5-6-14(16)20-13)17-11-15(2,3)19-9-7-18(4)8-10-19/h5-6,12,17H,7-11H2,1-4H3. The van der Waals surface area contributed by atoms with Crippen molar-refractivity contribution >= 4 is 27.3 Å². The summed E-state index contributed by atoms with van der Waals surface area (Å²) in [5.41, 5.74) is 0.212. The molecule has 0 radical (unpaired) electrons. The quantitative estimate of drug-likeness (QED) is 0.870. The number of hydrogen-bond donors (Lipinski definition) is 1. The number of halogens is 1. The van der Waals surface area contributed by atoms with E-state index in [-0.39, 0.29) is 5.54 Å². The molecule has 0 bridgehead atoms. The van der Waals surface area contributed by atoms with E-state index in [1.807, 2.05) is 11.3 Å². The van der Waals surface area contributed by atoms with Crippen molar-refractivity contribution in [3.8, 4) is 0 Å². The Kier molecular flexibility index (Phi) is 5.65. The fourth-order valence-electron chi connectivity index (χ4n) is 2.59. The van der Waals surface area contributed by atoms with Crippen LogP contribution >= 0.6 is 27.3 Å². The first-order valence-electron chi connectivity index (χ1n) is 7.31. The van der Waals surface area contributed by atoms with Crippen LogP contribution in [0.1, 0.15) is 31.7 Å². The Hall–Kier alpha value is 0.0600. The van der Waals surface area contributed by atoms with E-state index in [1.54, 1.807) is 0 Å². The van der Waals surface area contributed by atoms with Crippen LogP contribution in [0.4, 0.5) is 0 Å². The average molecular weight is 360 g/mol. The van der Waals surface area contributed by atoms with Crippen molar-refractivity contribution in [3.63, 3.8) is 0 Å². The summed E-state index contributed by atoms with van der Waals surface area (Å²) in [6.07, 6.45) is 0. The maximum absolute atomic E-state index is 3.70. The second kappa shape index (κ2) is 6.88. The zero-order chi connectivity index (χ0) is 14.8. The van der Waals surface area contributed by atoms with Crippen LogP contribution in [-0.4, -0.2) is 55.1 Å². The van der Waals surface area contributed by atoms with Crippen molar-refractivity contribution in [3.05, 3.63) is 20.8 Å². The molecule has 114 valence electrons. The van der Waals surface area contributed by atoms with Crippen LogP contribution in [0.3, 0.4) is 0 Å². The van der Waals surface area contributed by atoms with Crippen LogP contribution in [0.25, 0.3) is 0 Å². The Labute approximate surface area is 135 Å². The summed E-state index contributed by atoms with van der Waals surface area (Å²) in [6.45, 7) is 12.7. The Morgan fingerprint density at radius 3 is 2.50 bits per heavy atom. The van der Waals surface area contributed by atoms with Gasteiger partial charge in [0.1, 0.15) is 0 Å². The summed E-state index contributed by atoms with van der Waals surface area (Å²) in [5, 5.41) is 3.70. The number of likely N-dealkylation sites (N-methyl/N-ethyl adjacent to an activating group) is 1. The van der Waals surface area contributed by atoms with Gasteiger partial charge >= 0.3 is 0 Å². The molecule has 5 heteroatoms. The third kappa shape index (κ3) is 4.28. The molecule has 0 amide bonds. The van der Waals surface area contributed by atoms with Gasteiger partial charge < -0.3 is 10.2 Å². The van der Waals surface area contributed by atoms with Crippen molar-refractivity contribution in [2.75, 3.05) is 39.8 Å². The summed E-state index contributed by atoms with van der Waals surface area (Å²) in [5.74, 6) is 0. The molecule has 2 rings (SSSR count). The van der Waals surface area contributed by atoms with Gasteiger partial charge in [0, 0.05) is 49.2 Å². The number of rotatable bonds is 5. The molecule has 2 heterocycles. The maximum Gasteiger partial charge on any atom is 0.0701 e. The molecule has 0 aromatic carbocycles. The van der Waals surface area contributed by atoms with E-state index in [9.17, 15) is 0 Å². The second-order valence-electron chi connectivity index (χ2n) is 6.35. The summed E-state index contributed by atoms with van der Waals surface area (Å²) < 4.78 is 1.21. The van der Waals surface area contributed by atoms with Crippen LogP contribution in [0, 0.1) is 0 Å². The molecular weight excluding hydrogens is 334 g/mol. The molecule has 1 saturated heterocycles. The number of nitrogens with zero attached hydrogens (tertiary/aromatic N) is 2. The number of thiophene rings is 1. The van der Waals surface area contributed by atoms with E-state index < -0.39 is 0 Å². The Balaban J connectivity index is 1.85. The van der Waals surface area contributed by atoms with E-state index in [1.165, 1.54) is 34.8 Å². The minimum Gasteiger partial charge on any atom is -0.308 e. The molecule has 1 aliphatic heterocycles.